The van der Waals surface area contributed by atoms with Gasteiger partial charge in [-0.15, -0.1) is 0 Å². The standard InChI is InChI=1S/C14H19BrN2O2/c1-9-5-11(7-12(15)6-9)14(18)17-3-4-19-13(8-17)10(2)16/h5-7,10,13H,3-4,8,16H2,1-2H3. The van der Waals surface area contributed by atoms with Gasteiger partial charge in [0.2, 0.25) is 0 Å². The van der Waals surface area contributed by atoms with E-state index in [0.717, 1.165) is 10.0 Å². The molecule has 19 heavy (non-hydrogen) atoms. The van der Waals surface area contributed by atoms with Crippen LogP contribution in [0.3, 0.4) is 0 Å². The third-order valence-corrected chi connectivity index (χ3v) is 3.71. The second-order valence-corrected chi connectivity index (χ2v) is 5.95. The molecule has 2 rings (SSSR count). The first-order valence-corrected chi connectivity index (χ1v) is 7.20. The molecule has 2 unspecified atom stereocenters. The maximum atomic E-state index is 12.5. The van der Waals surface area contributed by atoms with E-state index < -0.39 is 0 Å². The number of hydrogen-bond acceptors (Lipinski definition) is 3. The van der Waals surface area contributed by atoms with Gasteiger partial charge in [0, 0.05) is 29.2 Å². The third-order valence-electron chi connectivity index (χ3n) is 3.26. The van der Waals surface area contributed by atoms with Gasteiger partial charge in [-0.3, -0.25) is 4.79 Å². The van der Waals surface area contributed by atoms with Gasteiger partial charge in [-0.1, -0.05) is 15.9 Å². The summed E-state index contributed by atoms with van der Waals surface area (Å²) in [4.78, 5) is 14.3. The second-order valence-electron chi connectivity index (χ2n) is 5.04. The lowest BCUT2D eigenvalue weighted by Gasteiger charge is -2.34. The highest BCUT2D eigenvalue weighted by molar-refractivity contribution is 9.10. The maximum Gasteiger partial charge on any atom is 0.254 e. The Morgan fingerprint density at radius 1 is 1.53 bits per heavy atom. The normalized spacial score (nSPS) is 21.3. The van der Waals surface area contributed by atoms with Crippen molar-refractivity contribution in [3.63, 3.8) is 0 Å². The Hall–Kier alpha value is -0.910. The Bertz CT molecular complexity index is 456. The Kier molecular flexibility index (Phi) is 4.60. The first kappa shape index (κ1) is 14.5. The zero-order valence-electron chi connectivity index (χ0n) is 11.2. The molecule has 1 heterocycles. The maximum absolute atomic E-state index is 12.5. The van der Waals surface area contributed by atoms with Crippen LogP contribution in [-0.2, 0) is 4.74 Å². The lowest BCUT2D eigenvalue weighted by Crippen LogP contribution is -2.51. The highest BCUT2D eigenvalue weighted by atomic mass is 79.9. The topological polar surface area (TPSA) is 55.6 Å². The van der Waals surface area contributed by atoms with Crippen molar-refractivity contribution >= 4 is 21.8 Å². The van der Waals surface area contributed by atoms with Crippen molar-refractivity contribution in [1.82, 2.24) is 4.90 Å². The molecule has 1 aromatic carbocycles. The summed E-state index contributed by atoms with van der Waals surface area (Å²) >= 11 is 3.42. The van der Waals surface area contributed by atoms with Crippen LogP contribution in [0.15, 0.2) is 22.7 Å². The number of carbonyl (C=O) groups excluding carboxylic acids is 1. The third kappa shape index (κ3) is 3.55. The van der Waals surface area contributed by atoms with Crippen molar-refractivity contribution in [2.24, 2.45) is 5.73 Å². The van der Waals surface area contributed by atoms with Crippen molar-refractivity contribution < 1.29 is 9.53 Å². The zero-order chi connectivity index (χ0) is 14.0. The van der Waals surface area contributed by atoms with Gasteiger partial charge in [0.25, 0.3) is 5.91 Å². The fraction of sp³-hybridized carbons (Fsp3) is 0.500. The summed E-state index contributed by atoms with van der Waals surface area (Å²) in [7, 11) is 0. The van der Waals surface area contributed by atoms with E-state index in [-0.39, 0.29) is 18.1 Å². The van der Waals surface area contributed by atoms with Crippen LogP contribution in [0.1, 0.15) is 22.8 Å². The molecule has 4 nitrogen and oxygen atoms in total. The number of benzene rings is 1. The Balaban J connectivity index is 2.14. The van der Waals surface area contributed by atoms with Crippen molar-refractivity contribution in [2.75, 3.05) is 19.7 Å². The monoisotopic (exact) mass is 326 g/mol. The summed E-state index contributed by atoms with van der Waals surface area (Å²) in [6.07, 6.45) is -0.0778. The van der Waals surface area contributed by atoms with E-state index >= 15 is 0 Å². The van der Waals surface area contributed by atoms with Crippen LogP contribution in [0.4, 0.5) is 0 Å². The molecule has 0 aliphatic carbocycles. The van der Waals surface area contributed by atoms with Gasteiger partial charge in [-0.25, -0.2) is 0 Å². The average Bonchev–Trinajstić information content (AvgIpc) is 2.37. The molecular weight excluding hydrogens is 308 g/mol. The summed E-state index contributed by atoms with van der Waals surface area (Å²) in [6, 6.07) is 5.68. The molecule has 2 atom stereocenters. The van der Waals surface area contributed by atoms with Crippen LogP contribution in [0.25, 0.3) is 0 Å². The summed E-state index contributed by atoms with van der Waals surface area (Å²) < 4.78 is 6.50. The molecule has 0 bridgehead atoms. The predicted octanol–water partition coefficient (Wildman–Crippen LogP) is 1.95. The fourth-order valence-corrected chi connectivity index (χ4v) is 2.83. The van der Waals surface area contributed by atoms with Crippen LogP contribution >= 0.6 is 15.9 Å². The number of aryl methyl sites for hydroxylation is 1. The van der Waals surface area contributed by atoms with Gasteiger partial charge in [-0.05, 0) is 37.6 Å². The van der Waals surface area contributed by atoms with E-state index in [0.29, 0.717) is 25.3 Å². The number of nitrogens with zero attached hydrogens (tertiary/aromatic N) is 1. The lowest BCUT2D eigenvalue weighted by molar-refractivity contribution is -0.0300. The van der Waals surface area contributed by atoms with Crippen molar-refractivity contribution in [3.8, 4) is 0 Å². The minimum atomic E-state index is -0.0778. The van der Waals surface area contributed by atoms with Gasteiger partial charge in [0.1, 0.15) is 0 Å². The molecule has 1 aliphatic rings. The molecule has 2 N–H and O–H groups in total. The lowest BCUT2D eigenvalue weighted by atomic mass is 10.1. The molecule has 0 saturated carbocycles. The highest BCUT2D eigenvalue weighted by Gasteiger charge is 2.27. The van der Waals surface area contributed by atoms with E-state index in [2.05, 4.69) is 15.9 Å². The zero-order valence-corrected chi connectivity index (χ0v) is 12.8. The Morgan fingerprint density at radius 3 is 2.89 bits per heavy atom. The van der Waals surface area contributed by atoms with Gasteiger partial charge in [0.15, 0.2) is 0 Å². The molecule has 5 heteroatoms. The quantitative estimate of drug-likeness (QED) is 0.903. The van der Waals surface area contributed by atoms with E-state index in [1.807, 2.05) is 36.9 Å². The number of nitrogens with two attached hydrogens (primary N) is 1. The molecule has 1 fully saturated rings. The summed E-state index contributed by atoms with van der Waals surface area (Å²) in [6.45, 7) is 5.61. The SMILES string of the molecule is Cc1cc(Br)cc(C(=O)N2CCOC(C(C)N)C2)c1. The molecule has 104 valence electrons. The molecule has 0 aromatic heterocycles. The minimum Gasteiger partial charge on any atom is -0.373 e. The van der Waals surface area contributed by atoms with Gasteiger partial charge < -0.3 is 15.4 Å². The van der Waals surface area contributed by atoms with Crippen LogP contribution in [0, 0.1) is 6.92 Å². The first-order valence-electron chi connectivity index (χ1n) is 6.41. The number of carbonyl (C=O) groups is 1. The van der Waals surface area contributed by atoms with Crippen LogP contribution in [0.5, 0.6) is 0 Å². The van der Waals surface area contributed by atoms with Crippen molar-refractivity contribution in [2.45, 2.75) is 26.0 Å². The fourth-order valence-electron chi connectivity index (χ4n) is 2.22. The number of morpholine rings is 1. The van der Waals surface area contributed by atoms with E-state index in [4.69, 9.17) is 10.5 Å². The van der Waals surface area contributed by atoms with E-state index in [1.54, 1.807) is 0 Å². The second kappa shape index (κ2) is 6.03. The van der Waals surface area contributed by atoms with Crippen LogP contribution < -0.4 is 5.73 Å². The van der Waals surface area contributed by atoms with Gasteiger partial charge in [-0.2, -0.15) is 0 Å². The predicted molar refractivity (Wildman–Crippen MR) is 78.2 cm³/mol. The number of halogens is 1. The summed E-state index contributed by atoms with van der Waals surface area (Å²) in [5.74, 6) is 0.0401. The highest BCUT2D eigenvalue weighted by Crippen LogP contribution is 2.18. The van der Waals surface area contributed by atoms with Gasteiger partial charge in [0.05, 0.1) is 12.7 Å². The number of rotatable bonds is 2. The largest absolute Gasteiger partial charge is 0.373 e. The number of amides is 1. The van der Waals surface area contributed by atoms with Crippen LogP contribution in [0.2, 0.25) is 0 Å². The molecule has 1 aliphatic heterocycles. The molecule has 1 amide bonds. The smallest absolute Gasteiger partial charge is 0.254 e. The Labute approximate surface area is 122 Å². The van der Waals surface area contributed by atoms with Crippen molar-refractivity contribution in [3.05, 3.63) is 33.8 Å². The molecule has 0 radical (unpaired) electrons. The first-order chi connectivity index (χ1) is 8.97. The van der Waals surface area contributed by atoms with E-state index in [9.17, 15) is 4.79 Å². The summed E-state index contributed by atoms with van der Waals surface area (Å²) in [5.41, 5.74) is 7.62. The number of hydrogen-bond donors (Lipinski definition) is 1. The van der Waals surface area contributed by atoms with Crippen molar-refractivity contribution in [1.29, 1.82) is 0 Å². The van der Waals surface area contributed by atoms with E-state index in [1.165, 1.54) is 0 Å². The molecule has 1 saturated heterocycles. The summed E-state index contributed by atoms with van der Waals surface area (Å²) in [5, 5.41) is 0. The van der Waals surface area contributed by atoms with Gasteiger partial charge >= 0.3 is 0 Å². The molecule has 1 aromatic rings. The minimum absolute atomic E-state index is 0.0401. The number of ether oxygens (including phenoxy) is 1. The average molecular weight is 327 g/mol. The molecular formula is C14H19BrN2O2. The Morgan fingerprint density at radius 2 is 2.26 bits per heavy atom. The molecule has 0 spiro atoms. The van der Waals surface area contributed by atoms with Crippen LogP contribution in [-0.4, -0.2) is 42.6 Å².